The van der Waals surface area contributed by atoms with Crippen LogP contribution in [0.25, 0.3) is 0 Å². The molecule has 1 rings (SSSR count). The molecule has 0 spiro atoms. The van der Waals surface area contributed by atoms with Gasteiger partial charge in [-0.1, -0.05) is 0 Å². The van der Waals surface area contributed by atoms with E-state index in [1.165, 1.54) is 7.11 Å². The molecule has 1 fully saturated rings. The average molecular weight is 187 g/mol. The van der Waals surface area contributed by atoms with E-state index in [-0.39, 0.29) is 18.0 Å². The topological polar surface area (TPSA) is 49.8 Å². The van der Waals surface area contributed by atoms with Gasteiger partial charge in [-0.15, -0.1) is 0 Å². The Morgan fingerprint density at radius 2 is 2.38 bits per heavy atom. The van der Waals surface area contributed by atoms with Gasteiger partial charge in [-0.05, 0) is 13.5 Å². The lowest BCUT2D eigenvalue weighted by molar-refractivity contribution is -0.143. The molecule has 1 N–H and O–H groups in total. The third-order valence-corrected chi connectivity index (χ3v) is 2.55. The molecule has 0 saturated carbocycles. The highest BCUT2D eigenvalue weighted by atomic mass is 16.5. The summed E-state index contributed by atoms with van der Waals surface area (Å²) in [6.45, 7) is 1.68. The molecule has 0 aromatic rings. The number of hydrogen-bond acceptors (Lipinski definition) is 4. The van der Waals surface area contributed by atoms with Crippen LogP contribution in [0, 0.1) is 5.92 Å². The van der Waals surface area contributed by atoms with Crippen LogP contribution in [0.4, 0.5) is 0 Å². The van der Waals surface area contributed by atoms with Crippen LogP contribution in [-0.2, 0) is 9.53 Å². The number of hydrogen-bond donors (Lipinski definition) is 1. The number of ether oxygens (including phenoxy) is 1. The summed E-state index contributed by atoms with van der Waals surface area (Å²) < 4.78 is 4.57. The fourth-order valence-corrected chi connectivity index (χ4v) is 1.70. The molecular weight excluding hydrogens is 170 g/mol. The van der Waals surface area contributed by atoms with E-state index in [1.54, 1.807) is 0 Å². The second kappa shape index (κ2) is 4.58. The Bertz CT molecular complexity index is 184. The van der Waals surface area contributed by atoms with E-state index in [4.69, 9.17) is 0 Å². The Morgan fingerprint density at radius 3 is 3.00 bits per heavy atom. The summed E-state index contributed by atoms with van der Waals surface area (Å²) >= 11 is 0. The van der Waals surface area contributed by atoms with Crippen LogP contribution in [0.2, 0.25) is 0 Å². The molecule has 76 valence electrons. The average Bonchev–Trinajstić information content (AvgIpc) is 2.11. The monoisotopic (exact) mass is 187 g/mol. The normalized spacial score (nSPS) is 30.1. The zero-order valence-corrected chi connectivity index (χ0v) is 8.19. The van der Waals surface area contributed by atoms with Gasteiger partial charge in [0.15, 0.2) is 0 Å². The standard InChI is InChI=1S/C9H17NO3/c1-10-4-3-8(11)7(6-10)5-9(12)13-2/h7-8,11H,3-6H2,1-2H3/t7-,8+/m0/s1. The summed E-state index contributed by atoms with van der Waals surface area (Å²) in [6.07, 6.45) is 0.718. The van der Waals surface area contributed by atoms with Crippen LogP contribution < -0.4 is 0 Å². The molecule has 1 saturated heterocycles. The lowest BCUT2D eigenvalue weighted by Crippen LogP contribution is -2.42. The van der Waals surface area contributed by atoms with E-state index < -0.39 is 0 Å². The first-order valence-corrected chi connectivity index (χ1v) is 4.57. The summed E-state index contributed by atoms with van der Waals surface area (Å²) in [5.74, 6) is -0.203. The Hall–Kier alpha value is -0.610. The van der Waals surface area contributed by atoms with Crippen LogP contribution in [0.3, 0.4) is 0 Å². The van der Waals surface area contributed by atoms with Crippen LogP contribution in [0.15, 0.2) is 0 Å². The largest absolute Gasteiger partial charge is 0.469 e. The quantitative estimate of drug-likeness (QED) is 0.611. The molecule has 2 atom stereocenters. The molecule has 1 aliphatic heterocycles. The number of methoxy groups -OCH3 is 1. The molecular formula is C9H17NO3. The summed E-state index contributed by atoms with van der Waals surface area (Å²) in [5.41, 5.74) is 0. The van der Waals surface area contributed by atoms with Crippen molar-refractivity contribution in [2.24, 2.45) is 5.92 Å². The smallest absolute Gasteiger partial charge is 0.305 e. The van der Waals surface area contributed by atoms with Crippen molar-refractivity contribution in [1.29, 1.82) is 0 Å². The van der Waals surface area contributed by atoms with E-state index in [1.807, 2.05) is 7.05 Å². The number of carbonyl (C=O) groups is 1. The van der Waals surface area contributed by atoms with E-state index in [0.717, 1.165) is 19.5 Å². The highest BCUT2D eigenvalue weighted by Crippen LogP contribution is 2.19. The van der Waals surface area contributed by atoms with E-state index in [0.29, 0.717) is 6.42 Å². The van der Waals surface area contributed by atoms with Crippen molar-refractivity contribution >= 4 is 5.97 Å². The van der Waals surface area contributed by atoms with Gasteiger partial charge in [0.25, 0.3) is 0 Å². The second-order valence-corrected chi connectivity index (χ2v) is 3.66. The summed E-state index contributed by atoms with van der Waals surface area (Å²) in [6, 6.07) is 0. The first kappa shape index (κ1) is 10.5. The van der Waals surface area contributed by atoms with Gasteiger partial charge in [-0.2, -0.15) is 0 Å². The van der Waals surface area contributed by atoms with Gasteiger partial charge in [0, 0.05) is 19.0 Å². The third kappa shape index (κ3) is 2.97. The first-order chi connectivity index (χ1) is 6.13. The Balaban J connectivity index is 2.41. The maximum absolute atomic E-state index is 11.0. The number of rotatable bonds is 2. The van der Waals surface area contributed by atoms with Gasteiger partial charge >= 0.3 is 5.97 Å². The van der Waals surface area contributed by atoms with Crippen molar-refractivity contribution in [2.45, 2.75) is 18.9 Å². The number of aliphatic hydroxyl groups is 1. The minimum atomic E-state index is -0.352. The molecule has 0 aliphatic carbocycles. The molecule has 4 nitrogen and oxygen atoms in total. The molecule has 13 heavy (non-hydrogen) atoms. The zero-order chi connectivity index (χ0) is 9.84. The Labute approximate surface area is 78.5 Å². The maximum Gasteiger partial charge on any atom is 0.305 e. The fraction of sp³-hybridized carbons (Fsp3) is 0.889. The van der Waals surface area contributed by atoms with Crippen LogP contribution in [0.1, 0.15) is 12.8 Å². The van der Waals surface area contributed by atoms with Crippen LogP contribution in [0.5, 0.6) is 0 Å². The summed E-state index contributed by atoms with van der Waals surface area (Å²) in [4.78, 5) is 13.1. The van der Waals surface area contributed by atoms with Crippen LogP contribution in [-0.4, -0.2) is 49.3 Å². The number of carbonyl (C=O) groups excluding carboxylic acids is 1. The van der Waals surface area contributed by atoms with Gasteiger partial charge in [0.2, 0.25) is 0 Å². The molecule has 4 heteroatoms. The molecule has 0 bridgehead atoms. The first-order valence-electron chi connectivity index (χ1n) is 4.57. The lowest BCUT2D eigenvalue weighted by Gasteiger charge is -2.33. The van der Waals surface area contributed by atoms with E-state index in [2.05, 4.69) is 9.64 Å². The number of piperidine rings is 1. The number of aliphatic hydroxyl groups excluding tert-OH is 1. The third-order valence-electron chi connectivity index (χ3n) is 2.55. The molecule has 0 aromatic carbocycles. The number of esters is 1. The SMILES string of the molecule is COC(=O)C[C@H]1CN(C)CC[C@H]1O. The van der Waals surface area contributed by atoms with Gasteiger partial charge in [-0.25, -0.2) is 0 Å². The van der Waals surface area contributed by atoms with Gasteiger partial charge in [0.05, 0.1) is 19.6 Å². The maximum atomic E-state index is 11.0. The second-order valence-electron chi connectivity index (χ2n) is 3.66. The number of nitrogens with zero attached hydrogens (tertiary/aromatic N) is 1. The molecule has 0 unspecified atom stereocenters. The van der Waals surface area contributed by atoms with Crippen molar-refractivity contribution in [3.63, 3.8) is 0 Å². The van der Waals surface area contributed by atoms with Crippen molar-refractivity contribution in [3.05, 3.63) is 0 Å². The predicted molar refractivity (Wildman–Crippen MR) is 48.2 cm³/mol. The minimum absolute atomic E-state index is 0.0335. The van der Waals surface area contributed by atoms with E-state index in [9.17, 15) is 9.90 Å². The molecule has 1 heterocycles. The van der Waals surface area contributed by atoms with Gasteiger partial charge in [0.1, 0.15) is 0 Å². The van der Waals surface area contributed by atoms with Crippen molar-refractivity contribution in [1.82, 2.24) is 4.90 Å². The van der Waals surface area contributed by atoms with Crippen LogP contribution >= 0.6 is 0 Å². The van der Waals surface area contributed by atoms with Gasteiger partial charge < -0.3 is 14.7 Å². The minimum Gasteiger partial charge on any atom is -0.469 e. The summed E-state index contributed by atoms with van der Waals surface area (Å²) in [7, 11) is 3.37. The number of likely N-dealkylation sites (tertiary alicyclic amines) is 1. The predicted octanol–water partition coefficient (Wildman–Crippen LogP) is -0.138. The highest BCUT2D eigenvalue weighted by molar-refractivity contribution is 5.69. The van der Waals surface area contributed by atoms with Crippen molar-refractivity contribution in [3.8, 4) is 0 Å². The van der Waals surface area contributed by atoms with E-state index >= 15 is 0 Å². The lowest BCUT2D eigenvalue weighted by atomic mass is 9.92. The molecule has 0 aromatic heterocycles. The van der Waals surface area contributed by atoms with Gasteiger partial charge in [-0.3, -0.25) is 4.79 Å². The summed E-state index contributed by atoms with van der Waals surface area (Å²) in [5, 5.41) is 9.60. The molecule has 0 amide bonds. The fourth-order valence-electron chi connectivity index (χ4n) is 1.70. The highest BCUT2D eigenvalue weighted by Gasteiger charge is 2.27. The van der Waals surface area contributed by atoms with Crippen molar-refractivity contribution < 1.29 is 14.6 Å². The molecule has 0 radical (unpaired) electrons. The molecule has 1 aliphatic rings. The zero-order valence-electron chi connectivity index (χ0n) is 8.19. The van der Waals surface area contributed by atoms with Crippen molar-refractivity contribution in [2.75, 3.05) is 27.2 Å². The Kier molecular flexibility index (Phi) is 3.69. The Morgan fingerprint density at radius 1 is 1.69 bits per heavy atom.